The maximum atomic E-state index is 5.91. The minimum Gasteiger partial charge on any atom is -0.119 e. The molecule has 0 bridgehead atoms. The van der Waals surface area contributed by atoms with E-state index in [0.717, 1.165) is 53.8 Å². The van der Waals surface area contributed by atoms with Crippen molar-refractivity contribution >= 4 is 11.6 Å². The number of rotatable bonds is 3. The predicted molar refractivity (Wildman–Crippen MR) is 339 cm³/mol. The van der Waals surface area contributed by atoms with Gasteiger partial charge in [0.15, 0.2) is 0 Å². The van der Waals surface area contributed by atoms with E-state index in [0.29, 0.717) is 5.41 Å². The molecule has 0 radical (unpaired) electrons. The van der Waals surface area contributed by atoms with Gasteiger partial charge in [0, 0.05) is 4.87 Å². The molecule has 2 aromatic rings. The Kier molecular flexibility index (Phi) is 50.4. The maximum Gasteiger partial charge on any atom is 0.0450 e. The van der Waals surface area contributed by atoms with Crippen LogP contribution >= 0.6 is 11.6 Å². The topological polar surface area (TPSA) is 0 Å². The molecule has 4 atom stereocenters. The molecule has 72 heavy (non-hydrogen) atoms. The molecule has 0 saturated heterocycles. The van der Waals surface area contributed by atoms with Crippen molar-refractivity contribution in [3.05, 3.63) is 70.8 Å². The van der Waals surface area contributed by atoms with Crippen molar-refractivity contribution in [1.29, 1.82) is 0 Å². The van der Waals surface area contributed by atoms with Crippen LogP contribution in [-0.4, -0.2) is 4.87 Å². The van der Waals surface area contributed by atoms with Crippen LogP contribution in [0, 0.1) is 73.5 Å². The van der Waals surface area contributed by atoms with Gasteiger partial charge in [-0.2, -0.15) is 0 Å². The summed E-state index contributed by atoms with van der Waals surface area (Å²) in [5.74, 6) is 8.19. The average molecular weight is 1030 g/mol. The van der Waals surface area contributed by atoms with Crippen molar-refractivity contribution in [1.82, 2.24) is 0 Å². The third kappa shape index (κ3) is 48.4. The predicted octanol–water partition coefficient (Wildman–Crippen LogP) is 25.8. The average Bonchev–Trinajstić information content (AvgIpc) is 4.28. The van der Waals surface area contributed by atoms with Crippen molar-refractivity contribution < 1.29 is 0 Å². The first-order chi connectivity index (χ1) is 32.7. The van der Waals surface area contributed by atoms with Gasteiger partial charge in [-0.05, 0) is 112 Å². The Labute approximate surface area is 463 Å². The van der Waals surface area contributed by atoms with E-state index in [1.165, 1.54) is 202 Å². The second kappa shape index (κ2) is 47.0. The van der Waals surface area contributed by atoms with Crippen LogP contribution in [0.5, 0.6) is 0 Å². The second-order valence-electron chi connectivity index (χ2n) is 25.1. The van der Waals surface area contributed by atoms with Crippen molar-refractivity contribution in [2.24, 2.45) is 52.8 Å². The second-order valence-corrected chi connectivity index (χ2v) is 26.0. The van der Waals surface area contributed by atoms with Gasteiger partial charge in [0.1, 0.15) is 0 Å². The number of aryl methyl sites for hydroxylation is 4. The smallest absolute Gasteiger partial charge is 0.0450 e. The molecular weight excluding hydrogens is 888 g/mol. The minimum atomic E-state index is 0. The molecule has 0 spiro atoms. The zero-order valence-corrected chi connectivity index (χ0v) is 50.9. The zero-order chi connectivity index (χ0) is 52.1. The molecule has 8 saturated carbocycles. The van der Waals surface area contributed by atoms with E-state index in [4.69, 9.17) is 11.6 Å². The van der Waals surface area contributed by atoms with Crippen molar-refractivity contribution in [3.63, 3.8) is 0 Å². The summed E-state index contributed by atoms with van der Waals surface area (Å²) >= 11 is 5.91. The molecule has 0 heterocycles. The lowest BCUT2D eigenvalue weighted by Crippen LogP contribution is -2.12. The van der Waals surface area contributed by atoms with Crippen LogP contribution in [0.2, 0.25) is 0 Å². The van der Waals surface area contributed by atoms with Crippen LogP contribution in [0.3, 0.4) is 0 Å². The van der Waals surface area contributed by atoms with Crippen molar-refractivity contribution in [2.45, 2.75) is 331 Å². The standard InChI is InChI=1S/C9H12.C8H10.C8H16.2C7H14.C6H11Cl.C6H12.2C5H10.C4H8.C3H8.3CH4/c1-3-9-6-4-8(2)5-7-9;1-7-4-3-5-8(2)6-7;1-7-5-3-4-6-8(7)2;1-7(2)5-3-4-6-7;1-7-5-3-2-4-6-7;1-3-5-4-6(5,2)7;1-6-4-2-3-5-6;1-5-3-2-4-5;1-2-5-3-4-5;1-4-2-3-4;1-3-2;;;/h4-7H,3H2,1-2H3;3-6H,1-2H3;7-8H,3-6H2,1-2H3;3-6H2,1-2H3;7H,2-6H2,1H3;5H,3-4H2,1-2H3;6H,2-5H2,1H3;2*5H,2-4H2,1H3;4H,2-3H2,1H3;3H2,1-2H3;3*1H4. The highest BCUT2D eigenvalue weighted by Gasteiger charge is 2.46. The van der Waals surface area contributed by atoms with Gasteiger partial charge >= 0.3 is 0 Å². The van der Waals surface area contributed by atoms with E-state index >= 15 is 0 Å². The molecule has 4 unspecified atom stereocenters. The van der Waals surface area contributed by atoms with Crippen LogP contribution in [0.4, 0.5) is 0 Å². The Morgan fingerprint density at radius 1 is 0.444 bits per heavy atom. The lowest BCUT2D eigenvalue weighted by molar-refractivity contribution is 0.277. The summed E-state index contributed by atoms with van der Waals surface area (Å²) in [5.41, 5.74) is 6.13. The summed E-state index contributed by atoms with van der Waals surface area (Å²) in [6, 6.07) is 17.1. The van der Waals surface area contributed by atoms with E-state index in [1.54, 1.807) is 0 Å². The number of halogens is 1. The largest absolute Gasteiger partial charge is 0.119 e. The number of hydrogen-bond donors (Lipinski definition) is 0. The number of alkyl halides is 1. The fourth-order valence-electron chi connectivity index (χ4n) is 9.20. The van der Waals surface area contributed by atoms with Gasteiger partial charge in [-0.1, -0.05) is 338 Å². The van der Waals surface area contributed by atoms with Gasteiger partial charge < -0.3 is 0 Å². The third-order valence-electron chi connectivity index (χ3n) is 16.1. The molecule has 1 heteroatoms. The molecule has 10 rings (SSSR count). The molecule has 0 nitrogen and oxygen atoms in total. The van der Waals surface area contributed by atoms with Gasteiger partial charge in [0.05, 0.1) is 0 Å². The molecule has 8 aliphatic carbocycles. The van der Waals surface area contributed by atoms with Gasteiger partial charge in [-0.25, -0.2) is 0 Å². The molecular formula is C71H137Cl. The molecule has 8 fully saturated rings. The Bertz CT molecular complexity index is 1360. The first-order valence-electron chi connectivity index (χ1n) is 30.5. The Balaban J connectivity index is -0.000000355. The molecule has 0 N–H and O–H groups in total. The highest BCUT2D eigenvalue weighted by Crippen LogP contribution is 2.50. The van der Waals surface area contributed by atoms with Crippen LogP contribution in [0.1, 0.15) is 321 Å². The Hall–Kier alpha value is -1.27. The summed E-state index contributed by atoms with van der Waals surface area (Å²) in [4.78, 5) is 0.189. The molecule has 8 aliphatic rings. The summed E-state index contributed by atoms with van der Waals surface area (Å²) < 4.78 is 0. The van der Waals surface area contributed by atoms with E-state index < -0.39 is 0 Å². The molecule has 0 aliphatic heterocycles. The van der Waals surface area contributed by atoms with E-state index in [2.05, 4.69) is 166 Å². The number of hydrogen-bond acceptors (Lipinski definition) is 0. The van der Waals surface area contributed by atoms with E-state index in [1.807, 2.05) is 0 Å². The molecule has 2 aromatic carbocycles. The van der Waals surface area contributed by atoms with Crippen LogP contribution in [0.25, 0.3) is 0 Å². The van der Waals surface area contributed by atoms with E-state index in [-0.39, 0.29) is 27.2 Å². The van der Waals surface area contributed by atoms with Gasteiger partial charge in [0.25, 0.3) is 0 Å². The fraction of sp³-hybridized carbons (Fsp3) is 0.831. The first kappa shape index (κ1) is 77.2. The summed E-state index contributed by atoms with van der Waals surface area (Å²) in [6.45, 7) is 38.1. The fourth-order valence-corrected chi connectivity index (χ4v) is 9.54. The molecule has 0 amide bonds. The highest BCUT2D eigenvalue weighted by molar-refractivity contribution is 6.25. The lowest BCUT2D eigenvalue weighted by Gasteiger charge is -2.24. The van der Waals surface area contributed by atoms with Gasteiger partial charge in [-0.15, -0.1) is 11.6 Å². The van der Waals surface area contributed by atoms with Gasteiger partial charge in [-0.3, -0.25) is 0 Å². The van der Waals surface area contributed by atoms with Crippen LogP contribution < -0.4 is 0 Å². The Morgan fingerprint density at radius 3 is 0.958 bits per heavy atom. The minimum absolute atomic E-state index is 0. The lowest BCUT2D eigenvalue weighted by atomic mass is 9.82. The molecule has 428 valence electrons. The normalized spacial score (nSPS) is 23.9. The zero-order valence-electron chi connectivity index (χ0n) is 50.1. The number of benzene rings is 2. The van der Waals surface area contributed by atoms with E-state index in [9.17, 15) is 0 Å². The highest BCUT2D eigenvalue weighted by atomic mass is 35.5. The third-order valence-corrected chi connectivity index (χ3v) is 16.6. The van der Waals surface area contributed by atoms with Crippen LogP contribution in [0.15, 0.2) is 48.5 Å². The quantitative estimate of drug-likeness (QED) is 0.269. The first-order valence-corrected chi connectivity index (χ1v) is 30.9. The van der Waals surface area contributed by atoms with Crippen LogP contribution in [-0.2, 0) is 6.42 Å². The maximum absolute atomic E-state index is 5.91. The molecule has 0 aromatic heterocycles. The summed E-state index contributed by atoms with van der Waals surface area (Å²) in [6.07, 6.45) is 41.9. The summed E-state index contributed by atoms with van der Waals surface area (Å²) in [5, 5.41) is 0. The Morgan fingerprint density at radius 2 is 0.806 bits per heavy atom. The SMILES string of the molecule is C.C.C.CC1(C)CCCC1.CC1CC1.CC1CCC1.CC1CCCC1.CC1CCCCC1.CC1CCCCC1C.CCC.CCC1CC1.CCC1CC1(C)Cl.CCc1ccc(C)cc1.Cc1cccc(C)c1. The summed E-state index contributed by atoms with van der Waals surface area (Å²) in [7, 11) is 0. The monoisotopic (exact) mass is 1030 g/mol. The van der Waals surface area contributed by atoms with Gasteiger partial charge in [0.2, 0.25) is 0 Å². The van der Waals surface area contributed by atoms with Crippen molar-refractivity contribution in [3.8, 4) is 0 Å². The van der Waals surface area contributed by atoms with Crippen molar-refractivity contribution in [2.75, 3.05) is 0 Å².